The van der Waals surface area contributed by atoms with Crippen LogP contribution in [-0.4, -0.2) is 38.8 Å². The van der Waals surface area contributed by atoms with Gasteiger partial charge in [-0.05, 0) is 23.3 Å². The summed E-state index contributed by atoms with van der Waals surface area (Å²) < 4.78 is 0. The molecule has 1 aliphatic rings. The summed E-state index contributed by atoms with van der Waals surface area (Å²) in [5.41, 5.74) is 1.53. The topological polar surface area (TPSA) is 95.4 Å². The van der Waals surface area contributed by atoms with Gasteiger partial charge in [-0.2, -0.15) is 0 Å². The summed E-state index contributed by atoms with van der Waals surface area (Å²) in [6.07, 6.45) is 6.41. The highest BCUT2D eigenvalue weighted by molar-refractivity contribution is 5.90. The highest BCUT2D eigenvalue weighted by Gasteiger charge is 2.42. The maximum atomic E-state index is 12.6. The summed E-state index contributed by atoms with van der Waals surface area (Å²) in [5, 5.41) is 12.2. The van der Waals surface area contributed by atoms with Crippen LogP contribution in [0.3, 0.4) is 0 Å². The zero-order valence-corrected chi connectivity index (χ0v) is 13.2. The van der Waals surface area contributed by atoms with Gasteiger partial charge in [0.1, 0.15) is 5.75 Å². The largest absolute Gasteiger partial charge is 0.506 e. The number of hydrogen-bond donors (Lipinski definition) is 2. The molecule has 0 aliphatic carbocycles. The second-order valence-electron chi connectivity index (χ2n) is 5.82. The standard InChI is InChI=1S/C17H18N4O3/c1-21-15(23)6-14(16(21)12-3-2-4-18-9-12)17(24)20-8-11-5-13(22)10-19-7-11/h2-5,7,9-10,14,16,22H,6,8H2,1H3,(H,20,24)/t14-,16+/m0/s1. The van der Waals surface area contributed by atoms with E-state index in [0.717, 1.165) is 5.56 Å². The highest BCUT2D eigenvalue weighted by Crippen LogP contribution is 2.36. The molecule has 0 aromatic carbocycles. The molecular formula is C17H18N4O3. The average molecular weight is 326 g/mol. The van der Waals surface area contributed by atoms with Gasteiger partial charge in [0, 0.05) is 38.6 Å². The second kappa shape index (κ2) is 6.66. The number of rotatable bonds is 4. The molecule has 3 heterocycles. The molecule has 124 valence electrons. The van der Waals surface area contributed by atoms with Crippen LogP contribution in [0.4, 0.5) is 0 Å². The molecule has 2 amide bonds. The molecule has 2 aromatic rings. The van der Waals surface area contributed by atoms with E-state index in [1.807, 2.05) is 6.07 Å². The number of pyridine rings is 2. The molecule has 0 bridgehead atoms. The number of amides is 2. The Morgan fingerprint density at radius 1 is 1.38 bits per heavy atom. The summed E-state index contributed by atoms with van der Waals surface area (Å²) >= 11 is 0. The van der Waals surface area contributed by atoms with Gasteiger partial charge in [-0.3, -0.25) is 19.6 Å². The van der Waals surface area contributed by atoms with Crippen molar-refractivity contribution in [2.45, 2.75) is 19.0 Å². The predicted molar refractivity (Wildman–Crippen MR) is 85.6 cm³/mol. The van der Waals surface area contributed by atoms with Gasteiger partial charge in [0.15, 0.2) is 0 Å². The summed E-state index contributed by atoms with van der Waals surface area (Å²) in [5.74, 6) is -0.698. The first-order chi connectivity index (χ1) is 11.6. The van der Waals surface area contributed by atoms with Crippen LogP contribution < -0.4 is 5.32 Å². The Balaban J connectivity index is 1.74. The van der Waals surface area contributed by atoms with Crippen molar-refractivity contribution < 1.29 is 14.7 Å². The Kier molecular flexibility index (Phi) is 4.41. The lowest BCUT2D eigenvalue weighted by molar-refractivity contribution is -0.128. The van der Waals surface area contributed by atoms with E-state index in [1.165, 1.54) is 12.3 Å². The molecule has 1 aliphatic heterocycles. The molecular weight excluding hydrogens is 308 g/mol. The van der Waals surface area contributed by atoms with Crippen LogP contribution in [0, 0.1) is 5.92 Å². The lowest BCUT2D eigenvalue weighted by atomic mass is 9.94. The molecule has 0 spiro atoms. The number of aromatic hydroxyl groups is 1. The molecule has 1 saturated heterocycles. The molecule has 24 heavy (non-hydrogen) atoms. The first-order valence-corrected chi connectivity index (χ1v) is 7.62. The van der Waals surface area contributed by atoms with Crippen LogP contribution in [-0.2, 0) is 16.1 Å². The van der Waals surface area contributed by atoms with E-state index in [2.05, 4.69) is 15.3 Å². The molecule has 2 aromatic heterocycles. The molecule has 0 saturated carbocycles. The summed E-state index contributed by atoms with van der Waals surface area (Å²) in [6, 6.07) is 4.87. The fraction of sp³-hybridized carbons (Fsp3) is 0.294. The normalized spacial score (nSPS) is 20.2. The second-order valence-corrected chi connectivity index (χ2v) is 5.82. The van der Waals surface area contributed by atoms with Gasteiger partial charge in [0.25, 0.3) is 0 Å². The van der Waals surface area contributed by atoms with Gasteiger partial charge in [0.05, 0.1) is 18.2 Å². The zero-order chi connectivity index (χ0) is 17.1. The van der Waals surface area contributed by atoms with Gasteiger partial charge < -0.3 is 15.3 Å². The molecule has 0 unspecified atom stereocenters. The molecule has 2 atom stereocenters. The highest BCUT2D eigenvalue weighted by atomic mass is 16.3. The minimum Gasteiger partial charge on any atom is -0.506 e. The van der Waals surface area contributed by atoms with Crippen molar-refractivity contribution in [3.8, 4) is 5.75 Å². The Labute approximate surface area is 139 Å². The molecule has 0 radical (unpaired) electrons. The number of aromatic nitrogens is 2. The van der Waals surface area contributed by atoms with Crippen molar-refractivity contribution in [3.05, 3.63) is 54.1 Å². The van der Waals surface area contributed by atoms with E-state index in [-0.39, 0.29) is 36.6 Å². The number of hydrogen-bond acceptors (Lipinski definition) is 5. The van der Waals surface area contributed by atoms with Crippen molar-refractivity contribution in [1.82, 2.24) is 20.2 Å². The third-order valence-corrected chi connectivity index (χ3v) is 4.20. The maximum absolute atomic E-state index is 12.6. The Morgan fingerprint density at radius 3 is 2.92 bits per heavy atom. The van der Waals surface area contributed by atoms with E-state index < -0.39 is 5.92 Å². The summed E-state index contributed by atoms with van der Waals surface area (Å²) in [4.78, 5) is 34.2. The van der Waals surface area contributed by atoms with Crippen molar-refractivity contribution in [2.24, 2.45) is 5.92 Å². The fourth-order valence-electron chi connectivity index (χ4n) is 3.00. The predicted octanol–water partition coefficient (Wildman–Crippen LogP) is 1.02. The SMILES string of the molecule is CN1C(=O)C[C@H](C(=O)NCc2cncc(O)c2)[C@H]1c1cccnc1. The number of nitrogens with zero attached hydrogens (tertiary/aromatic N) is 3. The number of carbonyl (C=O) groups is 2. The van der Waals surface area contributed by atoms with E-state index in [1.54, 1.807) is 36.6 Å². The Morgan fingerprint density at radius 2 is 2.21 bits per heavy atom. The minimum atomic E-state index is -0.475. The zero-order valence-electron chi connectivity index (χ0n) is 13.2. The van der Waals surface area contributed by atoms with Crippen LogP contribution >= 0.6 is 0 Å². The van der Waals surface area contributed by atoms with Crippen LogP contribution in [0.1, 0.15) is 23.6 Å². The van der Waals surface area contributed by atoms with Gasteiger partial charge in [-0.15, -0.1) is 0 Å². The van der Waals surface area contributed by atoms with Crippen LogP contribution in [0.5, 0.6) is 5.75 Å². The van der Waals surface area contributed by atoms with Gasteiger partial charge in [-0.25, -0.2) is 0 Å². The minimum absolute atomic E-state index is 0.0470. The molecule has 1 fully saturated rings. The smallest absolute Gasteiger partial charge is 0.226 e. The Bertz CT molecular complexity index is 751. The van der Waals surface area contributed by atoms with Gasteiger partial charge in [-0.1, -0.05) is 6.07 Å². The molecule has 2 N–H and O–H groups in total. The van der Waals surface area contributed by atoms with Crippen molar-refractivity contribution in [3.63, 3.8) is 0 Å². The van der Waals surface area contributed by atoms with Crippen LogP contribution in [0.25, 0.3) is 0 Å². The first-order valence-electron chi connectivity index (χ1n) is 7.62. The summed E-state index contributed by atoms with van der Waals surface area (Å²) in [7, 11) is 1.70. The lowest BCUT2D eigenvalue weighted by Gasteiger charge is -2.24. The van der Waals surface area contributed by atoms with E-state index >= 15 is 0 Å². The maximum Gasteiger partial charge on any atom is 0.226 e. The number of likely N-dealkylation sites (tertiary alicyclic amines) is 1. The molecule has 7 heteroatoms. The fourth-order valence-corrected chi connectivity index (χ4v) is 3.00. The third-order valence-electron chi connectivity index (χ3n) is 4.20. The van der Waals surface area contributed by atoms with Crippen molar-refractivity contribution in [2.75, 3.05) is 7.05 Å². The van der Waals surface area contributed by atoms with E-state index in [0.29, 0.717) is 5.56 Å². The average Bonchev–Trinajstić information content (AvgIpc) is 2.89. The van der Waals surface area contributed by atoms with Crippen LogP contribution in [0.15, 0.2) is 43.0 Å². The number of nitrogens with one attached hydrogen (secondary N) is 1. The number of carbonyl (C=O) groups excluding carboxylic acids is 2. The van der Waals surface area contributed by atoms with Gasteiger partial charge in [0.2, 0.25) is 11.8 Å². The summed E-state index contributed by atoms with van der Waals surface area (Å²) in [6.45, 7) is 0.244. The van der Waals surface area contributed by atoms with E-state index in [4.69, 9.17) is 0 Å². The third kappa shape index (κ3) is 3.19. The van der Waals surface area contributed by atoms with Crippen molar-refractivity contribution in [1.29, 1.82) is 0 Å². The van der Waals surface area contributed by atoms with Crippen LogP contribution in [0.2, 0.25) is 0 Å². The molecule has 3 rings (SSSR count). The van der Waals surface area contributed by atoms with Crippen molar-refractivity contribution >= 4 is 11.8 Å². The van der Waals surface area contributed by atoms with E-state index in [9.17, 15) is 14.7 Å². The Hall–Kier alpha value is -2.96. The molecule has 7 nitrogen and oxygen atoms in total. The lowest BCUT2D eigenvalue weighted by Crippen LogP contribution is -2.34. The monoisotopic (exact) mass is 326 g/mol. The van der Waals surface area contributed by atoms with Gasteiger partial charge >= 0.3 is 0 Å². The first kappa shape index (κ1) is 15.9. The quantitative estimate of drug-likeness (QED) is 0.874.